The van der Waals surface area contributed by atoms with Crippen molar-refractivity contribution in [3.63, 3.8) is 0 Å². The zero-order chi connectivity index (χ0) is 20.5. The zero-order valence-corrected chi connectivity index (χ0v) is 15.2. The van der Waals surface area contributed by atoms with Gasteiger partial charge in [0.2, 0.25) is 0 Å². The molecule has 7 nitrogen and oxygen atoms in total. The molecule has 144 valence electrons. The molecule has 0 aliphatic heterocycles. The molecule has 0 saturated carbocycles. The van der Waals surface area contributed by atoms with Gasteiger partial charge in [-0.25, -0.2) is 0 Å². The highest BCUT2D eigenvalue weighted by atomic mass is 16.3. The fraction of sp³-hybridized carbons (Fsp3) is 0.286. The summed E-state index contributed by atoms with van der Waals surface area (Å²) in [6.07, 6.45) is -2.27. The third-order valence-corrected chi connectivity index (χ3v) is 5.78. The van der Waals surface area contributed by atoms with Crippen LogP contribution in [0.4, 0.5) is 0 Å². The Labute approximate surface area is 159 Å². The molecule has 2 aliphatic carbocycles. The number of aryl methyl sites for hydroxylation is 1. The topological polar surface area (TPSA) is 132 Å². The quantitative estimate of drug-likeness (QED) is 0.469. The molecule has 0 fully saturated rings. The Kier molecular flexibility index (Phi) is 3.75. The Morgan fingerprint density at radius 3 is 2.36 bits per heavy atom. The van der Waals surface area contributed by atoms with E-state index in [4.69, 9.17) is 0 Å². The molecule has 0 aromatic heterocycles. The van der Waals surface area contributed by atoms with Crippen molar-refractivity contribution in [1.82, 2.24) is 0 Å². The summed E-state index contributed by atoms with van der Waals surface area (Å²) in [5, 5.41) is 42.6. The highest BCUT2D eigenvalue weighted by Crippen LogP contribution is 2.50. The van der Waals surface area contributed by atoms with Gasteiger partial charge in [0.15, 0.2) is 17.3 Å². The highest BCUT2D eigenvalue weighted by Gasteiger charge is 2.47. The molecule has 2 aromatic rings. The fourth-order valence-corrected chi connectivity index (χ4v) is 4.25. The highest BCUT2D eigenvalue weighted by molar-refractivity contribution is 6.31. The van der Waals surface area contributed by atoms with Crippen molar-refractivity contribution in [2.75, 3.05) is 0 Å². The standard InChI is InChI=1S/C21H18O7/c1-8-4-3-5-10-13(8)19(26)16-15(17(10)24)18(25)11-6-21(28,9(2)22)7-12(23)14(11)20(16)27/h3-5,12,23,25,27-28H,6-7H2,1-2H3. The number of ketones is 3. The molecule has 0 heterocycles. The lowest BCUT2D eigenvalue weighted by atomic mass is 9.72. The van der Waals surface area contributed by atoms with Crippen molar-refractivity contribution >= 4 is 17.3 Å². The average Bonchev–Trinajstić information content (AvgIpc) is 2.61. The number of carbonyl (C=O) groups excluding carboxylic acids is 3. The van der Waals surface area contributed by atoms with Crippen LogP contribution >= 0.6 is 0 Å². The molecule has 2 aromatic carbocycles. The number of carbonyl (C=O) groups is 3. The Balaban J connectivity index is 2.05. The van der Waals surface area contributed by atoms with Crippen LogP contribution in [-0.2, 0) is 11.2 Å². The number of hydrogen-bond donors (Lipinski definition) is 4. The van der Waals surface area contributed by atoms with Crippen molar-refractivity contribution in [3.8, 4) is 11.5 Å². The SMILES string of the molecule is CC(=O)C1(O)Cc2c(O)c3c(c(O)c2C(O)C1)C(=O)c1c(C)cccc1C3=O. The lowest BCUT2D eigenvalue weighted by Gasteiger charge is -2.36. The summed E-state index contributed by atoms with van der Waals surface area (Å²) in [6, 6.07) is 4.73. The predicted octanol–water partition coefficient (Wildman–Crippen LogP) is 1.48. The van der Waals surface area contributed by atoms with Crippen molar-refractivity contribution in [2.45, 2.75) is 38.4 Å². The number of aromatic hydroxyl groups is 2. The van der Waals surface area contributed by atoms with Gasteiger partial charge in [0.05, 0.1) is 17.2 Å². The summed E-state index contributed by atoms with van der Waals surface area (Å²) in [6.45, 7) is 2.81. The van der Waals surface area contributed by atoms with Crippen LogP contribution in [0.1, 0.15) is 68.0 Å². The van der Waals surface area contributed by atoms with E-state index in [1.54, 1.807) is 19.1 Å². The number of aliphatic hydroxyl groups excluding tert-OH is 1. The van der Waals surface area contributed by atoms with E-state index in [0.717, 1.165) is 6.92 Å². The van der Waals surface area contributed by atoms with E-state index in [-0.39, 0.29) is 39.8 Å². The van der Waals surface area contributed by atoms with Crippen LogP contribution in [-0.4, -0.2) is 43.4 Å². The van der Waals surface area contributed by atoms with Crippen LogP contribution in [0, 0.1) is 6.92 Å². The number of fused-ring (bicyclic) bond motifs is 3. The predicted molar refractivity (Wildman–Crippen MR) is 96.7 cm³/mol. The number of benzene rings is 2. The second-order valence-electron chi connectivity index (χ2n) is 7.48. The monoisotopic (exact) mass is 382 g/mol. The summed E-state index contributed by atoms with van der Waals surface area (Å²) < 4.78 is 0. The number of hydrogen-bond acceptors (Lipinski definition) is 7. The third kappa shape index (κ3) is 2.20. The average molecular weight is 382 g/mol. The van der Waals surface area contributed by atoms with E-state index < -0.39 is 47.0 Å². The molecule has 2 unspecified atom stereocenters. The maximum Gasteiger partial charge on any atom is 0.198 e. The minimum Gasteiger partial charge on any atom is -0.507 e. The number of rotatable bonds is 1. The molecule has 0 bridgehead atoms. The van der Waals surface area contributed by atoms with E-state index >= 15 is 0 Å². The molecule has 0 radical (unpaired) electrons. The normalized spacial score (nSPS) is 23.1. The summed E-state index contributed by atoms with van der Waals surface area (Å²) in [4.78, 5) is 37.9. The first-order chi connectivity index (χ1) is 13.1. The molecule has 4 rings (SSSR count). The Hall–Kier alpha value is -3.03. The summed E-state index contributed by atoms with van der Waals surface area (Å²) in [5.74, 6) is -3.09. The van der Waals surface area contributed by atoms with Crippen LogP contribution in [0.15, 0.2) is 18.2 Å². The van der Waals surface area contributed by atoms with E-state index in [1.165, 1.54) is 6.07 Å². The lowest BCUT2D eigenvalue weighted by molar-refractivity contribution is -0.139. The first-order valence-electron chi connectivity index (χ1n) is 8.79. The van der Waals surface area contributed by atoms with Gasteiger partial charge in [0, 0.05) is 35.1 Å². The van der Waals surface area contributed by atoms with Crippen molar-refractivity contribution in [2.24, 2.45) is 0 Å². The Morgan fingerprint density at radius 1 is 1.07 bits per heavy atom. The van der Waals surface area contributed by atoms with Crippen molar-refractivity contribution in [1.29, 1.82) is 0 Å². The molecular formula is C21H18O7. The van der Waals surface area contributed by atoms with Gasteiger partial charge >= 0.3 is 0 Å². The molecule has 2 atom stereocenters. The van der Waals surface area contributed by atoms with Crippen LogP contribution in [0.3, 0.4) is 0 Å². The van der Waals surface area contributed by atoms with E-state index in [0.29, 0.717) is 5.56 Å². The van der Waals surface area contributed by atoms with Crippen LogP contribution in [0.25, 0.3) is 0 Å². The van der Waals surface area contributed by atoms with Crippen LogP contribution < -0.4 is 0 Å². The molecule has 2 aliphatic rings. The summed E-state index contributed by atoms with van der Waals surface area (Å²) in [5.41, 5.74) is -2.14. The largest absolute Gasteiger partial charge is 0.507 e. The summed E-state index contributed by atoms with van der Waals surface area (Å²) >= 11 is 0. The van der Waals surface area contributed by atoms with Gasteiger partial charge in [-0.15, -0.1) is 0 Å². The number of aliphatic hydroxyl groups is 2. The number of Topliss-reactive ketones (excluding diaryl/α,β-unsaturated/α-hetero) is 1. The smallest absolute Gasteiger partial charge is 0.198 e. The van der Waals surface area contributed by atoms with Crippen LogP contribution in [0.5, 0.6) is 11.5 Å². The molecule has 4 N–H and O–H groups in total. The number of phenolic OH excluding ortho intramolecular Hbond substituents is 2. The molecular weight excluding hydrogens is 364 g/mol. The Morgan fingerprint density at radius 2 is 1.71 bits per heavy atom. The van der Waals surface area contributed by atoms with E-state index in [1.807, 2.05) is 0 Å². The van der Waals surface area contributed by atoms with Crippen molar-refractivity contribution < 1.29 is 34.8 Å². The zero-order valence-electron chi connectivity index (χ0n) is 15.2. The fourth-order valence-electron chi connectivity index (χ4n) is 4.25. The second-order valence-corrected chi connectivity index (χ2v) is 7.48. The Bertz CT molecular complexity index is 1100. The molecule has 0 spiro atoms. The van der Waals surface area contributed by atoms with Gasteiger partial charge in [-0.1, -0.05) is 18.2 Å². The third-order valence-electron chi connectivity index (χ3n) is 5.78. The minimum atomic E-state index is -1.94. The van der Waals surface area contributed by atoms with Gasteiger partial charge in [-0.2, -0.15) is 0 Å². The second kappa shape index (κ2) is 5.73. The van der Waals surface area contributed by atoms with Gasteiger partial charge in [-0.3, -0.25) is 14.4 Å². The first kappa shape index (κ1) is 18.3. The molecule has 7 heteroatoms. The maximum atomic E-state index is 13.1. The van der Waals surface area contributed by atoms with Crippen LogP contribution in [0.2, 0.25) is 0 Å². The molecule has 0 saturated heterocycles. The van der Waals surface area contributed by atoms with Gasteiger partial charge in [-0.05, 0) is 19.4 Å². The lowest BCUT2D eigenvalue weighted by Crippen LogP contribution is -2.44. The molecule has 28 heavy (non-hydrogen) atoms. The summed E-state index contributed by atoms with van der Waals surface area (Å²) in [7, 11) is 0. The van der Waals surface area contributed by atoms with Gasteiger partial charge < -0.3 is 20.4 Å². The van der Waals surface area contributed by atoms with Gasteiger partial charge in [0.1, 0.15) is 17.1 Å². The number of phenols is 2. The van der Waals surface area contributed by atoms with E-state index in [9.17, 15) is 34.8 Å². The van der Waals surface area contributed by atoms with Gasteiger partial charge in [0.25, 0.3) is 0 Å². The van der Waals surface area contributed by atoms with E-state index in [2.05, 4.69) is 0 Å². The minimum absolute atomic E-state index is 0.102. The molecule has 0 amide bonds. The maximum absolute atomic E-state index is 13.1. The van der Waals surface area contributed by atoms with Crippen molar-refractivity contribution in [3.05, 3.63) is 57.1 Å². The first-order valence-corrected chi connectivity index (χ1v) is 8.79.